The van der Waals surface area contributed by atoms with Gasteiger partial charge in [-0.25, -0.2) is 0 Å². The normalized spacial score (nSPS) is 21.5. The fraction of sp³-hybridized carbons (Fsp3) is 0.571. The van der Waals surface area contributed by atoms with Gasteiger partial charge in [-0.15, -0.1) is 0 Å². The van der Waals surface area contributed by atoms with Gasteiger partial charge in [-0.3, -0.25) is 0 Å². The summed E-state index contributed by atoms with van der Waals surface area (Å²) in [7, 11) is 0. The van der Waals surface area contributed by atoms with E-state index >= 15 is 0 Å². The first kappa shape index (κ1) is 12.3. The Hall–Kier alpha value is -0.740. The first-order chi connectivity index (χ1) is 8.63. The Kier molecular flexibility index (Phi) is 3.02. The van der Waals surface area contributed by atoms with Gasteiger partial charge in [0.05, 0.1) is 17.7 Å². The van der Waals surface area contributed by atoms with Crippen molar-refractivity contribution in [3.05, 3.63) is 22.2 Å². The van der Waals surface area contributed by atoms with Gasteiger partial charge in [0.15, 0.2) is 11.5 Å². The highest BCUT2D eigenvalue weighted by molar-refractivity contribution is 9.10. The molecule has 1 unspecified atom stereocenters. The Bertz CT molecular complexity index is 471. The van der Waals surface area contributed by atoms with Gasteiger partial charge in [-0.2, -0.15) is 0 Å². The van der Waals surface area contributed by atoms with Crippen molar-refractivity contribution >= 4 is 15.9 Å². The summed E-state index contributed by atoms with van der Waals surface area (Å²) < 4.78 is 12.8. The number of fused-ring (bicyclic) bond motifs is 1. The zero-order chi connectivity index (χ0) is 12.8. The molecule has 3 rings (SSSR count). The maximum Gasteiger partial charge on any atom is 0.175 e. The molecule has 1 fully saturated rings. The van der Waals surface area contributed by atoms with Crippen LogP contribution in [0.1, 0.15) is 31.2 Å². The number of hydrogen-bond donors (Lipinski definition) is 1. The van der Waals surface area contributed by atoms with Crippen LogP contribution in [0, 0.1) is 5.41 Å². The zero-order valence-electron chi connectivity index (χ0n) is 10.5. The number of nitrogens with two attached hydrogens (primary N) is 1. The second-order valence-corrected chi connectivity index (χ2v) is 6.40. The molecule has 4 heteroatoms. The van der Waals surface area contributed by atoms with Gasteiger partial charge in [0, 0.05) is 5.41 Å². The maximum atomic E-state index is 5.95. The van der Waals surface area contributed by atoms with Gasteiger partial charge in [-0.1, -0.05) is 6.92 Å². The predicted molar refractivity (Wildman–Crippen MR) is 74.3 cm³/mol. The number of ether oxygens (including phenoxy) is 2. The summed E-state index contributed by atoms with van der Waals surface area (Å²) in [6.07, 6.45) is 2.43. The molecule has 0 bridgehead atoms. The number of benzene rings is 1. The van der Waals surface area contributed by atoms with E-state index < -0.39 is 0 Å². The molecule has 0 aromatic heterocycles. The van der Waals surface area contributed by atoms with Crippen LogP contribution in [0.2, 0.25) is 0 Å². The third-order valence-electron chi connectivity index (χ3n) is 3.97. The average Bonchev–Trinajstić information content (AvgIpc) is 3.16. The highest BCUT2D eigenvalue weighted by Gasteiger charge is 2.46. The third kappa shape index (κ3) is 2.12. The van der Waals surface area contributed by atoms with E-state index in [-0.39, 0.29) is 5.41 Å². The molecular weight excluding hydrogens is 294 g/mol. The van der Waals surface area contributed by atoms with Crippen LogP contribution >= 0.6 is 15.9 Å². The van der Waals surface area contributed by atoms with E-state index in [0.29, 0.717) is 12.5 Å². The second-order valence-electron chi connectivity index (χ2n) is 5.54. The molecular formula is C14H18BrNO2. The van der Waals surface area contributed by atoms with Crippen molar-refractivity contribution in [2.24, 2.45) is 11.1 Å². The van der Waals surface area contributed by atoms with Crippen LogP contribution in [0.3, 0.4) is 0 Å². The van der Waals surface area contributed by atoms with Crippen molar-refractivity contribution in [2.75, 3.05) is 19.8 Å². The molecule has 3 nitrogen and oxygen atoms in total. The topological polar surface area (TPSA) is 44.5 Å². The summed E-state index contributed by atoms with van der Waals surface area (Å²) in [5.74, 6) is 2.02. The van der Waals surface area contributed by atoms with E-state index in [4.69, 9.17) is 15.2 Å². The Balaban J connectivity index is 1.94. The molecule has 18 heavy (non-hydrogen) atoms. The van der Waals surface area contributed by atoms with Gasteiger partial charge in [0.2, 0.25) is 0 Å². The lowest BCUT2D eigenvalue weighted by Gasteiger charge is -2.14. The lowest BCUT2D eigenvalue weighted by Crippen LogP contribution is -2.17. The van der Waals surface area contributed by atoms with Crippen LogP contribution in [0.4, 0.5) is 0 Å². The molecule has 2 aliphatic rings. The number of rotatable bonds is 2. The molecule has 0 radical (unpaired) electrons. The minimum atomic E-state index is 0.276. The highest BCUT2D eigenvalue weighted by atomic mass is 79.9. The van der Waals surface area contributed by atoms with E-state index in [1.807, 2.05) is 0 Å². The molecule has 1 aromatic rings. The predicted octanol–water partition coefficient (Wildman–Crippen LogP) is 3.06. The fourth-order valence-electron chi connectivity index (χ4n) is 2.22. The third-order valence-corrected chi connectivity index (χ3v) is 4.56. The maximum absolute atomic E-state index is 5.95. The van der Waals surface area contributed by atoms with Crippen molar-refractivity contribution in [3.8, 4) is 11.5 Å². The van der Waals surface area contributed by atoms with Gasteiger partial charge >= 0.3 is 0 Å². The van der Waals surface area contributed by atoms with Crippen molar-refractivity contribution in [1.82, 2.24) is 0 Å². The monoisotopic (exact) mass is 311 g/mol. The van der Waals surface area contributed by atoms with Crippen LogP contribution in [0.5, 0.6) is 11.5 Å². The first-order valence-electron chi connectivity index (χ1n) is 6.43. The molecule has 98 valence electrons. The summed E-state index contributed by atoms with van der Waals surface area (Å²) in [4.78, 5) is 0. The van der Waals surface area contributed by atoms with E-state index in [0.717, 1.165) is 29.2 Å². The van der Waals surface area contributed by atoms with Gasteiger partial charge in [0.1, 0.15) is 0 Å². The zero-order valence-corrected chi connectivity index (χ0v) is 12.1. The summed E-state index contributed by atoms with van der Waals surface area (Å²) >= 11 is 3.58. The summed E-state index contributed by atoms with van der Waals surface area (Å²) in [6.45, 7) is 4.29. The molecule has 1 spiro atoms. The molecule has 1 aliphatic carbocycles. The lowest BCUT2D eigenvalue weighted by atomic mass is 10.0. The Morgan fingerprint density at radius 1 is 1.33 bits per heavy atom. The molecule has 0 saturated heterocycles. The van der Waals surface area contributed by atoms with Crippen molar-refractivity contribution in [1.29, 1.82) is 0 Å². The van der Waals surface area contributed by atoms with E-state index in [9.17, 15) is 0 Å². The standard InChI is InChI=1S/C14H18BrNO2/c1-9(6-16)10-4-11(15)13-12(5-10)17-7-14(2-3-14)8-18-13/h4-5,9H,2-3,6-8,16H2,1H3. The first-order valence-corrected chi connectivity index (χ1v) is 7.22. The largest absolute Gasteiger partial charge is 0.489 e. The van der Waals surface area contributed by atoms with Crippen molar-refractivity contribution < 1.29 is 9.47 Å². The summed E-state index contributed by atoms with van der Waals surface area (Å²) in [5.41, 5.74) is 7.20. The Morgan fingerprint density at radius 2 is 2.06 bits per heavy atom. The van der Waals surface area contributed by atoms with Crippen LogP contribution in [0.15, 0.2) is 16.6 Å². The van der Waals surface area contributed by atoms with E-state index in [1.165, 1.54) is 18.4 Å². The molecule has 1 saturated carbocycles. The highest BCUT2D eigenvalue weighted by Crippen LogP contribution is 2.50. The van der Waals surface area contributed by atoms with Crippen molar-refractivity contribution in [3.63, 3.8) is 0 Å². The quantitative estimate of drug-likeness (QED) is 0.913. The Labute approximate surface area is 116 Å². The minimum absolute atomic E-state index is 0.276. The van der Waals surface area contributed by atoms with Gasteiger partial charge < -0.3 is 15.2 Å². The summed E-state index contributed by atoms with van der Waals surface area (Å²) in [6, 6.07) is 4.16. The van der Waals surface area contributed by atoms with Crippen molar-refractivity contribution in [2.45, 2.75) is 25.7 Å². The summed E-state index contributed by atoms with van der Waals surface area (Å²) in [5, 5.41) is 0. The fourth-order valence-corrected chi connectivity index (χ4v) is 2.79. The molecule has 1 heterocycles. The number of halogens is 1. The number of hydrogen-bond acceptors (Lipinski definition) is 3. The minimum Gasteiger partial charge on any atom is -0.489 e. The van der Waals surface area contributed by atoms with Gasteiger partial charge in [-0.05, 0) is 58.9 Å². The van der Waals surface area contributed by atoms with Gasteiger partial charge in [0.25, 0.3) is 0 Å². The molecule has 1 atom stereocenters. The Morgan fingerprint density at radius 3 is 2.72 bits per heavy atom. The van der Waals surface area contributed by atoms with E-state index in [2.05, 4.69) is 35.0 Å². The van der Waals surface area contributed by atoms with E-state index in [1.54, 1.807) is 0 Å². The lowest BCUT2D eigenvalue weighted by molar-refractivity contribution is 0.196. The second kappa shape index (κ2) is 4.42. The molecule has 1 aliphatic heterocycles. The average molecular weight is 312 g/mol. The molecule has 1 aromatic carbocycles. The van der Waals surface area contributed by atoms with Crippen LogP contribution < -0.4 is 15.2 Å². The SMILES string of the molecule is CC(CN)c1cc(Br)c2c(c1)OCC1(CC1)CO2. The van der Waals surface area contributed by atoms with Crippen LogP contribution in [0.25, 0.3) is 0 Å². The van der Waals surface area contributed by atoms with Crippen LogP contribution in [-0.4, -0.2) is 19.8 Å². The molecule has 2 N–H and O–H groups in total. The molecule has 0 amide bonds. The smallest absolute Gasteiger partial charge is 0.175 e. The van der Waals surface area contributed by atoms with Crippen LogP contribution in [-0.2, 0) is 0 Å².